The summed E-state index contributed by atoms with van der Waals surface area (Å²) in [6.07, 6.45) is 1.12. The zero-order valence-corrected chi connectivity index (χ0v) is 10.2. The Kier molecular flexibility index (Phi) is 1.87. The van der Waals surface area contributed by atoms with Crippen LogP contribution in [0.4, 0.5) is 0 Å². The summed E-state index contributed by atoms with van der Waals surface area (Å²) in [5.41, 5.74) is 2.73. The SMILES string of the molecule is CC(C)(C)C(=O)[C@@H]1[C@@H]2Cc3ccccc3[C@@H]21. The van der Waals surface area contributed by atoms with Crippen molar-refractivity contribution in [1.82, 2.24) is 0 Å². The number of fused-ring (bicyclic) bond motifs is 3. The van der Waals surface area contributed by atoms with Gasteiger partial charge in [-0.2, -0.15) is 0 Å². The molecule has 0 aliphatic heterocycles. The zero-order chi connectivity index (χ0) is 11.5. The predicted octanol–water partition coefficient (Wildman–Crippen LogP) is 3.19. The minimum atomic E-state index is -0.177. The molecule has 0 amide bonds. The number of hydrogen-bond donors (Lipinski definition) is 0. The molecule has 1 nitrogen and oxygen atoms in total. The Morgan fingerprint density at radius 2 is 1.94 bits per heavy atom. The molecule has 2 aliphatic rings. The van der Waals surface area contributed by atoms with Gasteiger partial charge in [0.05, 0.1) is 0 Å². The molecule has 0 N–H and O–H groups in total. The van der Waals surface area contributed by atoms with Gasteiger partial charge in [-0.1, -0.05) is 45.0 Å². The highest BCUT2D eigenvalue weighted by Crippen LogP contribution is 2.62. The number of rotatable bonds is 1. The molecule has 0 saturated heterocycles. The molecule has 0 spiro atoms. The van der Waals surface area contributed by atoms with Crippen molar-refractivity contribution in [2.75, 3.05) is 0 Å². The Morgan fingerprint density at radius 1 is 1.25 bits per heavy atom. The lowest BCUT2D eigenvalue weighted by atomic mass is 9.85. The van der Waals surface area contributed by atoms with Crippen LogP contribution in [0.2, 0.25) is 0 Å². The van der Waals surface area contributed by atoms with E-state index in [1.165, 1.54) is 11.1 Å². The van der Waals surface area contributed by atoms with E-state index in [9.17, 15) is 4.79 Å². The summed E-state index contributed by atoms with van der Waals surface area (Å²) >= 11 is 0. The van der Waals surface area contributed by atoms with E-state index < -0.39 is 0 Å². The molecule has 1 heteroatoms. The monoisotopic (exact) mass is 214 g/mol. The summed E-state index contributed by atoms with van der Waals surface area (Å²) in [6.45, 7) is 6.11. The van der Waals surface area contributed by atoms with Crippen LogP contribution in [0.3, 0.4) is 0 Å². The Morgan fingerprint density at radius 3 is 2.62 bits per heavy atom. The highest BCUT2D eigenvalue weighted by atomic mass is 16.1. The van der Waals surface area contributed by atoms with E-state index in [4.69, 9.17) is 0 Å². The summed E-state index contributed by atoms with van der Waals surface area (Å²) in [7, 11) is 0. The highest BCUT2D eigenvalue weighted by Gasteiger charge is 2.60. The average molecular weight is 214 g/mol. The topological polar surface area (TPSA) is 17.1 Å². The Hall–Kier alpha value is -1.11. The minimum Gasteiger partial charge on any atom is -0.299 e. The van der Waals surface area contributed by atoms with Crippen molar-refractivity contribution in [3.63, 3.8) is 0 Å². The fraction of sp³-hybridized carbons (Fsp3) is 0.533. The largest absolute Gasteiger partial charge is 0.299 e. The molecule has 0 unspecified atom stereocenters. The third-order valence-electron chi connectivity index (χ3n) is 4.08. The van der Waals surface area contributed by atoms with Crippen LogP contribution in [-0.2, 0) is 11.2 Å². The van der Waals surface area contributed by atoms with Gasteiger partial charge in [-0.25, -0.2) is 0 Å². The van der Waals surface area contributed by atoms with E-state index in [1.807, 2.05) is 20.8 Å². The first kappa shape index (κ1) is 10.1. The maximum atomic E-state index is 12.3. The maximum absolute atomic E-state index is 12.3. The van der Waals surface area contributed by atoms with Crippen molar-refractivity contribution in [1.29, 1.82) is 0 Å². The van der Waals surface area contributed by atoms with Crippen LogP contribution in [0.15, 0.2) is 24.3 Å². The van der Waals surface area contributed by atoms with E-state index in [-0.39, 0.29) is 5.41 Å². The van der Waals surface area contributed by atoms with Gasteiger partial charge < -0.3 is 0 Å². The van der Waals surface area contributed by atoms with Crippen LogP contribution < -0.4 is 0 Å². The minimum absolute atomic E-state index is 0.177. The van der Waals surface area contributed by atoms with Crippen molar-refractivity contribution in [2.24, 2.45) is 17.3 Å². The predicted molar refractivity (Wildman–Crippen MR) is 64.3 cm³/mol. The van der Waals surface area contributed by atoms with Crippen molar-refractivity contribution in [2.45, 2.75) is 33.1 Å². The molecule has 0 bridgehead atoms. The highest BCUT2D eigenvalue weighted by molar-refractivity contribution is 5.90. The van der Waals surface area contributed by atoms with E-state index in [0.29, 0.717) is 23.5 Å². The van der Waals surface area contributed by atoms with Crippen molar-refractivity contribution >= 4 is 5.78 Å². The Bertz CT molecular complexity index is 453. The fourth-order valence-corrected chi connectivity index (χ4v) is 3.21. The molecule has 1 aromatic rings. The van der Waals surface area contributed by atoms with Crippen LogP contribution in [0.5, 0.6) is 0 Å². The van der Waals surface area contributed by atoms with Gasteiger partial charge >= 0.3 is 0 Å². The smallest absolute Gasteiger partial charge is 0.142 e. The fourth-order valence-electron chi connectivity index (χ4n) is 3.21. The van der Waals surface area contributed by atoms with Crippen molar-refractivity contribution < 1.29 is 4.79 Å². The molecule has 84 valence electrons. The number of carbonyl (C=O) groups excluding carboxylic acids is 1. The molecule has 3 atom stereocenters. The molecular formula is C15H18O. The normalized spacial score (nSPS) is 30.8. The number of carbonyl (C=O) groups is 1. The second-order valence-electron chi connectivity index (χ2n) is 6.23. The molecule has 1 fully saturated rings. The summed E-state index contributed by atoms with van der Waals surface area (Å²) in [5, 5.41) is 0. The molecule has 16 heavy (non-hydrogen) atoms. The number of ketones is 1. The lowest BCUT2D eigenvalue weighted by Gasteiger charge is -2.18. The summed E-state index contributed by atoms with van der Waals surface area (Å²) in [5.74, 6) is 1.93. The van der Waals surface area contributed by atoms with Crippen molar-refractivity contribution in [3.05, 3.63) is 35.4 Å². The van der Waals surface area contributed by atoms with Gasteiger partial charge in [0.1, 0.15) is 5.78 Å². The summed E-state index contributed by atoms with van der Waals surface area (Å²) in [4.78, 5) is 12.3. The Balaban J connectivity index is 1.87. The van der Waals surface area contributed by atoms with E-state index >= 15 is 0 Å². The first-order chi connectivity index (χ1) is 7.50. The third kappa shape index (κ3) is 1.27. The summed E-state index contributed by atoms with van der Waals surface area (Å²) < 4.78 is 0. The molecular weight excluding hydrogens is 196 g/mol. The van der Waals surface area contributed by atoms with Crippen LogP contribution >= 0.6 is 0 Å². The summed E-state index contributed by atoms with van der Waals surface area (Å²) in [6, 6.07) is 8.61. The molecule has 1 saturated carbocycles. The first-order valence-corrected chi connectivity index (χ1v) is 6.12. The third-order valence-corrected chi connectivity index (χ3v) is 4.08. The van der Waals surface area contributed by atoms with Crippen LogP contribution in [0.1, 0.15) is 37.8 Å². The lowest BCUT2D eigenvalue weighted by molar-refractivity contribution is -0.128. The second-order valence-corrected chi connectivity index (χ2v) is 6.23. The Labute approximate surface area is 96.9 Å². The number of hydrogen-bond acceptors (Lipinski definition) is 1. The van der Waals surface area contributed by atoms with E-state index in [2.05, 4.69) is 24.3 Å². The van der Waals surface area contributed by atoms with Gasteiger partial charge in [0.2, 0.25) is 0 Å². The van der Waals surface area contributed by atoms with Crippen LogP contribution in [0, 0.1) is 17.3 Å². The van der Waals surface area contributed by atoms with Crippen molar-refractivity contribution in [3.8, 4) is 0 Å². The number of Topliss-reactive ketones (excluding diaryl/α,β-unsaturated/α-hetero) is 1. The lowest BCUT2D eigenvalue weighted by Crippen LogP contribution is -2.23. The van der Waals surface area contributed by atoms with Crippen LogP contribution in [-0.4, -0.2) is 5.78 Å². The average Bonchev–Trinajstić information content (AvgIpc) is 2.78. The quantitative estimate of drug-likeness (QED) is 0.701. The van der Waals surface area contributed by atoms with Crippen LogP contribution in [0.25, 0.3) is 0 Å². The second kappa shape index (κ2) is 2.97. The van der Waals surface area contributed by atoms with Gasteiger partial charge in [-0.15, -0.1) is 0 Å². The molecule has 0 radical (unpaired) electrons. The number of benzene rings is 1. The molecule has 3 rings (SSSR count). The van der Waals surface area contributed by atoms with Gasteiger partial charge in [-0.3, -0.25) is 4.79 Å². The maximum Gasteiger partial charge on any atom is 0.142 e. The van der Waals surface area contributed by atoms with Gasteiger partial charge in [0.15, 0.2) is 0 Å². The molecule has 0 aromatic heterocycles. The zero-order valence-electron chi connectivity index (χ0n) is 10.2. The van der Waals surface area contributed by atoms with Gasteiger partial charge in [-0.05, 0) is 29.4 Å². The molecule has 1 aromatic carbocycles. The van der Waals surface area contributed by atoms with Gasteiger partial charge in [0, 0.05) is 11.3 Å². The van der Waals surface area contributed by atoms with E-state index in [1.54, 1.807) is 0 Å². The first-order valence-electron chi connectivity index (χ1n) is 6.12. The van der Waals surface area contributed by atoms with Gasteiger partial charge in [0.25, 0.3) is 0 Å². The molecule has 2 aliphatic carbocycles. The van der Waals surface area contributed by atoms with E-state index in [0.717, 1.165) is 6.42 Å². The molecule has 0 heterocycles. The standard InChI is InChI=1S/C15H18O/c1-15(2,3)14(16)13-11-8-9-6-4-5-7-10(9)12(11)13/h4-7,11-13H,8H2,1-3H3/t11-,12+,13-/m1/s1.